The van der Waals surface area contributed by atoms with Crippen molar-refractivity contribution >= 4 is 21.8 Å². The van der Waals surface area contributed by atoms with E-state index < -0.39 is 10.0 Å². The van der Waals surface area contributed by atoms with Crippen LogP contribution < -0.4 is 5.32 Å². The predicted octanol–water partition coefficient (Wildman–Crippen LogP) is 0.594. The van der Waals surface area contributed by atoms with Crippen LogP contribution in [0.2, 0.25) is 0 Å². The zero-order chi connectivity index (χ0) is 21.6. The minimum Gasteiger partial charge on any atom is -0.355 e. The van der Waals surface area contributed by atoms with E-state index in [9.17, 15) is 18.0 Å². The van der Waals surface area contributed by atoms with Gasteiger partial charge in [-0.1, -0.05) is 13.0 Å². The lowest BCUT2D eigenvalue weighted by Crippen LogP contribution is -2.51. The molecule has 1 aliphatic heterocycles. The molecule has 1 fully saturated rings. The molecule has 0 spiro atoms. The van der Waals surface area contributed by atoms with Crippen molar-refractivity contribution in [2.75, 3.05) is 52.9 Å². The summed E-state index contributed by atoms with van der Waals surface area (Å²) in [5.41, 5.74) is 2.00. The fraction of sp³-hybridized carbons (Fsp3) is 0.600. The Morgan fingerprint density at radius 3 is 2.34 bits per heavy atom. The van der Waals surface area contributed by atoms with E-state index in [1.54, 1.807) is 19.2 Å². The average Bonchev–Trinajstić information content (AvgIpc) is 2.68. The number of amides is 2. The van der Waals surface area contributed by atoms with Crippen LogP contribution >= 0.6 is 0 Å². The van der Waals surface area contributed by atoms with Crippen molar-refractivity contribution in [1.29, 1.82) is 0 Å². The predicted molar refractivity (Wildman–Crippen MR) is 112 cm³/mol. The summed E-state index contributed by atoms with van der Waals surface area (Å²) in [7, 11) is -1.93. The Morgan fingerprint density at radius 2 is 1.76 bits per heavy atom. The van der Waals surface area contributed by atoms with Gasteiger partial charge in [-0.15, -0.1) is 0 Å². The fourth-order valence-electron chi connectivity index (χ4n) is 3.09. The molecule has 2 rings (SSSR count). The maximum Gasteiger partial charge on any atom is 0.243 e. The summed E-state index contributed by atoms with van der Waals surface area (Å²) in [5.74, 6) is -0.325. The van der Waals surface area contributed by atoms with E-state index in [1.165, 1.54) is 9.21 Å². The molecule has 29 heavy (non-hydrogen) atoms. The molecule has 1 heterocycles. The fourth-order valence-corrected chi connectivity index (χ4v) is 4.60. The van der Waals surface area contributed by atoms with Gasteiger partial charge in [0.1, 0.15) is 0 Å². The summed E-state index contributed by atoms with van der Waals surface area (Å²) in [6.45, 7) is 8.24. The molecular formula is C20H32N4O4S. The Hall–Kier alpha value is -1.97. The molecule has 1 aromatic rings. The van der Waals surface area contributed by atoms with Gasteiger partial charge in [-0.2, -0.15) is 4.31 Å². The van der Waals surface area contributed by atoms with Gasteiger partial charge in [0.15, 0.2) is 0 Å². The third-order valence-electron chi connectivity index (χ3n) is 5.18. The van der Waals surface area contributed by atoms with E-state index in [4.69, 9.17) is 0 Å². The molecule has 8 nitrogen and oxygen atoms in total. The molecule has 0 saturated carbocycles. The topological polar surface area (TPSA) is 90.0 Å². The first kappa shape index (κ1) is 23.3. The molecule has 1 saturated heterocycles. The zero-order valence-corrected chi connectivity index (χ0v) is 18.6. The molecule has 1 aliphatic rings. The highest BCUT2D eigenvalue weighted by molar-refractivity contribution is 7.89. The lowest BCUT2D eigenvalue weighted by atomic mass is 10.1. The van der Waals surface area contributed by atoms with Gasteiger partial charge in [-0.25, -0.2) is 8.42 Å². The third kappa shape index (κ3) is 6.25. The van der Waals surface area contributed by atoms with Crippen LogP contribution in [0.15, 0.2) is 23.1 Å². The van der Waals surface area contributed by atoms with Crippen LogP contribution in [0.3, 0.4) is 0 Å². The number of aryl methyl sites for hydroxylation is 2. The number of hydrogen-bond donors (Lipinski definition) is 1. The lowest BCUT2D eigenvalue weighted by Gasteiger charge is -2.34. The van der Waals surface area contributed by atoms with Gasteiger partial charge in [0.25, 0.3) is 0 Å². The van der Waals surface area contributed by atoms with Crippen molar-refractivity contribution in [3.63, 3.8) is 0 Å². The van der Waals surface area contributed by atoms with Crippen molar-refractivity contribution in [2.45, 2.75) is 32.1 Å². The second kappa shape index (κ2) is 10.2. The number of likely N-dealkylation sites (N-methyl/N-ethyl adjacent to an activating group) is 1. The molecular weight excluding hydrogens is 392 g/mol. The summed E-state index contributed by atoms with van der Waals surface area (Å²) < 4.78 is 27.2. The van der Waals surface area contributed by atoms with Crippen LogP contribution in [0.5, 0.6) is 0 Å². The summed E-state index contributed by atoms with van der Waals surface area (Å²) in [4.78, 5) is 27.8. The van der Waals surface area contributed by atoms with E-state index in [0.717, 1.165) is 17.5 Å². The maximum absolute atomic E-state index is 12.9. The molecule has 0 aliphatic carbocycles. The number of benzene rings is 1. The molecule has 0 aromatic heterocycles. The van der Waals surface area contributed by atoms with Crippen LogP contribution in [0.25, 0.3) is 0 Å². The maximum atomic E-state index is 12.9. The molecule has 0 radical (unpaired) electrons. The molecule has 1 N–H and O–H groups in total. The summed E-state index contributed by atoms with van der Waals surface area (Å²) >= 11 is 0. The molecule has 2 amide bonds. The molecule has 1 aromatic carbocycles. The number of nitrogens with zero attached hydrogens (tertiary/aromatic N) is 3. The summed E-state index contributed by atoms with van der Waals surface area (Å²) in [6, 6.07) is 5.18. The van der Waals surface area contributed by atoms with E-state index in [1.807, 2.05) is 31.7 Å². The molecule has 0 unspecified atom stereocenters. The minimum atomic E-state index is -3.54. The average molecular weight is 425 g/mol. The first-order valence-electron chi connectivity index (χ1n) is 9.95. The Labute approximate surface area is 173 Å². The zero-order valence-electron chi connectivity index (χ0n) is 17.8. The van der Waals surface area contributed by atoms with Crippen molar-refractivity contribution in [1.82, 2.24) is 19.4 Å². The number of piperazine rings is 1. The normalized spacial score (nSPS) is 15.9. The van der Waals surface area contributed by atoms with Crippen LogP contribution in [0, 0.1) is 13.8 Å². The molecule has 9 heteroatoms. The van der Waals surface area contributed by atoms with Gasteiger partial charge in [0.05, 0.1) is 18.0 Å². The van der Waals surface area contributed by atoms with E-state index in [-0.39, 0.29) is 24.9 Å². The van der Waals surface area contributed by atoms with Gasteiger partial charge in [-0.3, -0.25) is 14.5 Å². The quantitative estimate of drug-likeness (QED) is 0.660. The minimum absolute atomic E-state index is 0.0277. The highest BCUT2D eigenvalue weighted by Gasteiger charge is 2.29. The molecule has 162 valence electrons. The number of rotatable bonds is 8. The number of carbonyl (C=O) groups excluding carboxylic acids is 2. The van der Waals surface area contributed by atoms with E-state index in [0.29, 0.717) is 37.6 Å². The van der Waals surface area contributed by atoms with Crippen LogP contribution in [-0.2, 0) is 19.6 Å². The third-order valence-corrected chi connectivity index (χ3v) is 7.08. The number of hydrogen-bond acceptors (Lipinski definition) is 5. The van der Waals surface area contributed by atoms with Crippen molar-refractivity contribution in [3.8, 4) is 0 Å². The number of sulfonamides is 1. The number of nitrogens with one attached hydrogen (secondary N) is 1. The smallest absolute Gasteiger partial charge is 0.243 e. The Balaban J connectivity index is 1.87. The first-order chi connectivity index (χ1) is 13.6. The van der Waals surface area contributed by atoms with Gasteiger partial charge in [0.2, 0.25) is 21.8 Å². The summed E-state index contributed by atoms with van der Waals surface area (Å²) in [6.07, 6.45) is 0.846. The Kier molecular flexibility index (Phi) is 8.18. The van der Waals surface area contributed by atoms with Crippen molar-refractivity contribution < 1.29 is 18.0 Å². The Morgan fingerprint density at radius 1 is 1.10 bits per heavy atom. The van der Waals surface area contributed by atoms with E-state index in [2.05, 4.69) is 5.32 Å². The second-order valence-electron chi connectivity index (χ2n) is 7.53. The first-order valence-corrected chi connectivity index (χ1v) is 11.4. The van der Waals surface area contributed by atoms with Gasteiger partial charge < -0.3 is 10.2 Å². The van der Waals surface area contributed by atoms with E-state index >= 15 is 0 Å². The lowest BCUT2D eigenvalue weighted by molar-refractivity contribution is -0.135. The summed E-state index contributed by atoms with van der Waals surface area (Å²) in [5, 5.41) is 2.75. The highest BCUT2D eigenvalue weighted by Crippen LogP contribution is 2.20. The highest BCUT2D eigenvalue weighted by atomic mass is 32.2. The van der Waals surface area contributed by atoms with Crippen LogP contribution in [0.1, 0.15) is 24.5 Å². The van der Waals surface area contributed by atoms with Crippen LogP contribution in [-0.4, -0.2) is 87.2 Å². The van der Waals surface area contributed by atoms with Gasteiger partial charge >= 0.3 is 0 Å². The Bertz CT molecular complexity index is 833. The second-order valence-corrected chi connectivity index (χ2v) is 9.46. The molecule has 0 bridgehead atoms. The number of carbonyl (C=O) groups is 2. The van der Waals surface area contributed by atoms with Crippen molar-refractivity contribution in [3.05, 3.63) is 29.3 Å². The van der Waals surface area contributed by atoms with Crippen molar-refractivity contribution in [2.24, 2.45) is 0 Å². The monoisotopic (exact) mass is 424 g/mol. The van der Waals surface area contributed by atoms with Crippen LogP contribution in [0.4, 0.5) is 0 Å². The van der Waals surface area contributed by atoms with Gasteiger partial charge in [0, 0.05) is 39.8 Å². The standard InChI is InChI=1S/C20H32N4O4S/c1-5-8-21-19(25)14-22(4)20(26)15-23-9-11-24(12-10-23)29(27,28)18-7-6-16(2)17(3)13-18/h6-7,13H,5,8-12,14-15H2,1-4H3,(H,21,25). The SMILES string of the molecule is CCCNC(=O)CN(C)C(=O)CN1CCN(S(=O)(=O)c2ccc(C)c(C)c2)CC1. The van der Waals surface area contributed by atoms with Gasteiger partial charge in [-0.05, 0) is 43.5 Å². The molecule has 0 atom stereocenters. The largest absolute Gasteiger partial charge is 0.355 e.